The zero-order valence-electron chi connectivity index (χ0n) is 8.20. The van der Waals surface area contributed by atoms with Gasteiger partial charge >= 0.3 is 6.09 Å². The molecule has 14 heavy (non-hydrogen) atoms. The molecule has 0 saturated carbocycles. The fourth-order valence-corrected chi connectivity index (χ4v) is 1.04. The fraction of sp³-hybridized carbons (Fsp3) is 0.300. The smallest absolute Gasteiger partial charge is 0.410 e. The molecule has 0 aromatic heterocycles. The predicted octanol–water partition coefficient (Wildman–Crippen LogP) is 1.21. The van der Waals surface area contributed by atoms with Crippen molar-refractivity contribution in [3.05, 3.63) is 29.3 Å². The molecule has 0 unspecified atom stereocenters. The van der Waals surface area contributed by atoms with E-state index in [1.165, 1.54) is 7.05 Å². The first-order valence-corrected chi connectivity index (χ1v) is 4.27. The molecule has 1 amide bonds. The molecule has 4 nitrogen and oxygen atoms in total. The molecule has 0 bridgehead atoms. The minimum Gasteiger partial charge on any atom is -0.410 e. The van der Waals surface area contributed by atoms with Crippen molar-refractivity contribution in [3.8, 4) is 5.75 Å². The van der Waals surface area contributed by atoms with E-state index in [1.807, 2.05) is 6.92 Å². The maximum Gasteiger partial charge on any atom is 0.412 e. The Labute approximate surface area is 82.5 Å². The second kappa shape index (κ2) is 4.62. The third-order valence-electron chi connectivity index (χ3n) is 1.91. The molecule has 0 spiro atoms. The number of aliphatic hydroxyl groups is 1. The molecule has 1 aromatic carbocycles. The maximum atomic E-state index is 10.9. The van der Waals surface area contributed by atoms with Crippen LogP contribution in [-0.2, 0) is 6.61 Å². The highest BCUT2D eigenvalue weighted by Crippen LogP contribution is 2.17. The topological polar surface area (TPSA) is 58.6 Å². The Morgan fingerprint density at radius 2 is 2.29 bits per heavy atom. The quantitative estimate of drug-likeness (QED) is 0.745. The van der Waals surface area contributed by atoms with E-state index in [9.17, 15) is 4.79 Å². The average molecular weight is 195 g/mol. The summed E-state index contributed by atoms with van der Waals surface area (Å²) in [5, 5.41) is 11.3. The normalized spacial score (nSPS) is 9.64. The first kappa shape index (κ1) is 10.5. The summed E-state index contributed by atoms with van der Waals surface area (Å²) in [6.07, 6.45) is -0.516. The lowest BCUT2D eigenvalue weighted by atomic mass is 10.1. The van der Waals surface area contributed by atoms with Gasteiger partial charge in [-0.1, -0.05) is 6.07 Å². The second-order valence-corrected chi connectivity index (χ2v) is 2.89. The monoisotopic (exact) mass is 195 g/mol. The molecule has 1 rings (SSSR count). The molecule has 76 valence electrons. The van der Waals surface area contributed by atoms with Gasteiger partial charge in [0.05, 0.1) is 6.61 Å². The zero-order chi connectivity index (χ0) is 10.6. The Balaban J connectivity index is 2.84. The summed E-state index contributed by atoms with van der Waals surface area (Å²) in [5.74, 6) is 0.430. The van der Waals surface area contributed by atoms with Gasteiger partial charge in [0, 0.05) is 7.05 Å². The van der Waals surface area contributed by atoms with E-state index in [-0.39, 0.29) is 6.61 Å². The lowest BCUT2D eigenvalue weighted by Crippen LogP contribution is -2.22. The van der Waals surface area contributed by atoms with Crippen molar-refractivity contribution < 1.29 is 14.6 Å². The summed E-state index contributed by atoms with van der Waals surface area (Å²) in [6.45, 7) is 1.83. The lowest BCUT2D eigenvalue weighted by molar-refractivity contribution is 0.202. The van der Waals surface area contributed by atoms with Crippen LogP contribution in [0.1, 0.15) is 11.1 Å². The summed E-state index contributed by atoms with van der Waals surface area (Å²) in [4.78, 5) is 10.9. The summed E-state index contributed by atoms with van der Waals surface area (Å²) < 4.78 is 4.90. The molecule has 1 aromatic rings. The van der Waals surface area contributed by atoms with Gasteiger partial charge in [-0.2, -0.15) is 0 Å². The number of benzene rings is 1. The predicted molar refractivity (Wildman–Crippen MR) is 52.2 cm³/mol. The minimum atomic E-state index is -0.516. The average Bonchev–Trinajstić information content (AvgIpc) is 2.20. The summed E-state index contributed by atoms with van der Waals surface area (Å²) >= 11 is 0. The van der Waals surface area contributed by atoms with E-state index in [1.54, 1.807) is 18.2 Å². The Kier molecular flexibility index (Phi) is 3.48. The number of hydrogen-bond donors (Lipinski definition) is 2. The van der Waals surface area contributed by atoms with Gasteiger partial charge in [-0.05, 0) is 30.2 Å². The van der Waals surface area contributed by atoms with Crippen molar-refractivity contribution in [2.75, 3.05) is 7.05 Å². The second-order valence-electron chi connectivity index (χ2n) is 2.89. The van der Waals surface area contributed by atoms with Crippen molar-refractivity contribution in [2.45, 2.75) is 13.5 Å². The lowest BCUT2D eigenvalue weighted by Gasteiger charge is -2.06. The molecular weight excluding hydrogens is 182 g/mol. The van der Waals surface area contributed by atoms with Crippen LogP contribution in [0.15, 0.2) is 18.2 Å². The number of carbonyl (C=O) groups excluding carboxylic acids is 1. The molecule has 0 atom stereocenters. The van der Waals surface area contributed by atoms with E-state index in [0.29, 0.717) is 5.75 Å². The summed E-state index contributed by atoms with van der Waals surface area (Å²) in [7, 11) is 1.49. The third-order valence-corrected chi connectivity index (χ3v) is 1.91. The molecule has 0 aliphatic rings. The molecule has 0 aliphatic heterocycles. The van der Waals surface area contributed by atoms with Gasteiger partial charge in [-0.25, -0.2) is 4.79 Å². The standard InChI is InChI=1S/C10H13NO3/c1-7-3-4-9(5-8(7)6-12)14-10(13)11-2/h3-5,12H,6H2,1-2H3,(H,11,13). The van der Waals surface area contributed by atoms with Crippen molar-refractivity contribution in [1.82, 2.24) is 5.32 Å². The molecule has 2 N–H and O–H groups in total. The van der Waals surface area contributed by atoms with E-state index in [0.717, 1.165) is 11.1 Å². The molecule has 4 heteroatoms. The fourth-order valence-electron chi connectivity index (χ4n) is 1.04. The zero-order valence-corrected chi connectivity index (χ0v) is 8.20. The van der Waals surface area contributed by atoms with Gasteiger partial charge in [0.2, 0.25) is 0 Å². The van der Waals surface area contributed by atoms with Gasteiger partial charge < -0.3 is 15.2 Å². The Hall–Kier alpha value is -1.55. The molecule has 0 aliphatic carbocycles. The van der Waals surface area contributed by atoms with Crippen LogP contribution in [-0.4, -0.2) is 18.2 Å². The molecule has 0 saturated heterocycles. The number of aliphatic hydroxyl groups excluding tert-OH is 1. The number of ether oxygens (including phenoxy) is 1. The molecule has 0 radical (unpaired) electrons. The number of aryl methyl sites for hydroxylation is 1. The van der Waals surface area contributed by atoms with E-state index in [2.05, 4.69) is 5.32 Å². The van der Waals surface area contributed by atoms with Gasteiger partial charge in [0.25, 0.3) is 0 Å². The highest BCUT2D eigenvalue weighted by atomic mass is 16.5. The number of rotatable bonds is 2. The maximum absolute atomic E-state index is 10.9. The largest absolute Gasteiger partial charge is 0.412 e. The van der Waals surface area contributed by atoms with Crippen molar-refractivity contribution >= 4 is 6.09 Å². The van der Waals surface area contributed by atoms with Crippen molar-refractivity contribution in [2.24, 2.45) is 0 Å². The Morgan fingerprint density at radius 1 is 1.57 bits per heavy atom. The number of amides is 1. The van der Waals surface area contributed by atoms with Crippen molar-refractivity contribution in [3.63, 3.8) is 0 Å². The van der Waals surface area contributed by atoms with Crippen LogP contribution < -0.4 is 10.1 Å². The van der Waals surface area contributed by atoms with E-state index < -0.39 is 6.09 Å². The van der Waals surface area contributed by atoms with Gasteiger partial charge in [-0.3, -0.25) is 0 Å². The van der Waals surface area contributed by atoms with Crippen LogP contribution in [0.5, 0.6) is 5.75 Å². The van der Waals surface area contributed by atoms with Crippen LogP contribution in [0.25, 0.3) is 0 Å². The highest BCUT2D eigenvalue weighted by Gasteiger charge is 2.03. The SMILES string of the molecule is CNC(=O)Oc1ccc(C)c(CO)c1. The summed E-state index contributed by atoms with van der Waals surface area (Å²) in [5.41, 5.74) is 1.73. The van der Waals surface area contributed by atoms with E-state index >= 15 is 0 Å². The first-order valence-electron chi connectivity index (χ1n) is 4.27. The van der Waals surface area contributed by atoms with Crippen LogP contribution in [0, 0.1) is 6.92 Å². The highest BCUT2D eigenvalue weighted by molar-refractivity contribution is 5.69. The van der Waals surface area contributed by atoms with Crippen LogP contribution in [0.4, 0.5) is 4.79 Å². The first-order chi connectivity index (χ1) is 6.67. The molecule has 0 heterocycles. The Bertz CT molecular complexity index is 336. The number of hydrogen-bond acceptors (Lipinski definition) is 3. The molecular formula is C10H13NO3. The molecule has 0 fully saturated rings. The van der Waals surface area contributed by atoms with E-state index in [4.69, 9.17) is 9.84 Å². The minimum absolute atomic E-state index is 0.0588. The summed E-state index contributed by atoms with van der Waals surface area (Å²) in [6, 6.07) is 5.12. The van der Waals surface area contributed by atoms with Gasteiger partial charge in [0.1, 0.15) is 5.75 Å². The van der Waals surface area contributed by atoms with Crippen LogP contribution in [0.2, 0.25) is 0 Å². The Morgan fingerprint density at radius 3 is 2.86 bits per heavy atom. The van der Waals surface area contributed by atoms with Gasteiger partial charge in [0.15, 0.2) is 0 Å². The van der Waals surface area contributed by atoms with Crippen molar-refractivity contribution in [1.29, 1.82) is 0 Å². The van der Waals surface area contributed by atoms with Crippen LogP contribution in [0.3, 0.4) is 0 Å². The third kappa shape index (κ3) is 2.47. The number of nitrogens with one attached hydrogen (secondary N) is 1. The number of carbonyl (C=O) groups is 1. The van der Waals surface area contributed by atoms with Crippen LogP contribution >= 0.6 is 0 Å². The van der Waals surface area contributed by atoms with Gasteiger partial charge in [-0.15, -0.1) is 0 Å².